The topological polar surface area (TPSA) is 117 Å². The number of oxazole rings is 1. The summed E-state index contributed by atoms with van der Waals surface area (Å²) in [5.41, 5.74) is 7.29. The second kappa shape index (κ2) is 12.4. The van der Waals surface area contributed by atoms with Crippen LogP contribution in [0.2, 0.25) is 0 Å². The molecule has 5 aliphatic rings. The normalized spacial score (nSPS) is 27.6. The molecule has 0 spiro atoms. The van der Waals surface area contributed by atoms with Crippen LogP contribution in [0.3, 0.4) is 0 Å². The molecule has 2 bridgehead atoms. The number of benzene rings is 1. The number of pyridine rings is 1. The highest BCUT2D eigenvalue weighted by Crippen LogP contribution is 2.49. The summed E-state index contributed by atoms with van der Waals surface area (Å²) < 4.78 is 52.6. The van der Waals surface area contributed by atoms with Gasteiger partial charge in [0.1, 0.15) is 35.1 Å². The summed E-state index contributed by atoms with van der Waals surface area (Å²) in [5.74, 6) is -0.990. The standard InChI is InChI=1S/C24H23F2N7O2S.C7H12FN/c1-28-22(33-8-11-3-4-12(9-33)31-11)16-13-5-6-29-19(21(13)36-23(16)30-10-34-2)17-14(25)7-15(26)20-18(17)32-24(27)35-20;8-6-4-7-2-1-3-9(7)5-6/h5-7,11-12,31H,1,3-4,8-10H2,2H3,(H2,27,32);6-7H,1-5H2/b22-16+,30-23+;. The minimum Gasteiger partial charge on any atom is -0.421 e. The molecule has 4 fully saturated rings. The third-order valence-corrected chi connectivity index (χ3v) is 10.2. The maximum Gasteiger partial charge on any atom is 0.293 e. The minimum absolute atomic E-state index is 0.0110. The fourth-order valence-corrected chi connectivity index (χ4v) is 8.37. The van der Waals surface area contributed by atoms with Gasteiger partial charge in [-0.15, -0.1) is 0 Å². The number of hydrogen-bond acceptors (Lipinski definition) is 11. The SMILES string of the molecule is C=N/C(=C1\C(=N/COC)Sc2c1ccnc2-c1c(F)cc(F)c2oc(N)nc12)N1CC2CCC(C1)N2.FC1CC2CCCN2C1. The summed E-state index contributed by atoms with van der Waals surface area (Å²) in [6.07, 6.45) is 6.62. The molecule has 3 aromatic rings. The summed E-state index contributed by atoms with van der Waals surface area (Å²) in [7, 11) is 1.56. The van der Waals surface area contributed by atoms with Gasteiger partial charge in [0.05, 0.1) is 16.8 Å². The Morgan fingerprint density at radius 1 is 1.22 bits per heavy atom. The van der Waals surface area contributed by atoms with E-state index in [-0.39, 0.29) is 35.1 Å². The van der Waals surface area contributed by atoms with E-state index in [0.717, 1.165) is 56.1 Å². The van der Waals surface area contributed by atoms with Crippen molar-refractivity contribution in [3.05, 3.63) is 41.3 Å². The molecule has 8 rings (SSSR count). The van der Waals surface area contributed by atoms with E-state index in [0.29, 0.717) is 40.4 Å². The first-order valence-electron chi connectivity index (χ1n) is 15.2. The Balaban J connectivity index is 0.000000308. The van der Waals surface area contributed by atoms with Crippen LogP contribution in [-0.4, -0.2) is 95.8 Å². The zero-order valence-corrected chi connectivity index (χ0v) is 25.8. The Kier molecular flexibility index (Phi) is 8.31. The number of piperazine rings is 1. The van der Waals surface area contributed by atoms with E-state index >= 15 is 4.39 Å². The van der Waals surface area contributed by atoms with Crippen LogP contribution in [0.1, 0.15) is 37.7 Å². The van der Waals surface area contributed by atoms with Gasteiger partial charge in [-0.3, -0.25) is 9.88 Å². The van der Waals surface area contributed by atoms with E-state index in [9.17, 15) is 8.78 Å². The zero-order chi connectivity index (χ0) is 31.2. The van der Waals surface area contributed by atoms with Crippen LogP contribution >= 0.6 is 11.8 Å². The Morgan fingerprint density at radius 2 is 2.02 bits per heavy atom. The second-order valence-corrected chi connectivity index (χ2v) is 13.0. The van der Waals surface area contributed by atoms with Crippen molar-refractivity contribution >= 4 is 46.2 Å². The summed E-state index contributed by atoms with van der Waals surface area (Å²) in [4.78, 5) is 22.7. The number of nitrogens with one attached hydrogen (secondary N) is 1. The van der Waals surface area contributed by atoms with Crippen molar-refractivity contribution in [2.75, 3.05) is 45.8 Å². The Bertz CT molecular complexity index is 1670. The first-order chi connectivity index (χ1) is 21.8. The minimum atomic E-state index is -0.884. The van der Waals surface area contributed by atoms with Gasteiger partial charge in [0.25, 0.3) is 6.01 Å². The van der Waals surface area contributed by atoms with Gasteiger partial charge in [0, 0.05) is 67.6 Å². The number of rotatable bonds is 5. The Labute approximate surface area is 263 Å². The summed E-state index contributed by atoms with van der Waals surface area (Å²) in [6.45, 7) is 7.46. The van der Waals surface area contributed by atoms with Crippen molar-refractivity contribution in [2.45, 2.75) is 61.3 Å². The highest BCUT2D eigenvalue weighted by molar-refractivity contribution is 8.15. The highest BCUT2D eigenvalue weighted by atomic mass is 32.2. The van der Waals surface area contributed by atoms with Crippen LogP contribution in [0.5, 0.6) is 0 Å². The van der Waals surface area contributed by atoms with E-state index in [1.807, 2.05) is 6.07 Å². The number of nitrogen functional groups attached to an aromatic ring is 1. The van der Waals surface area contributed by atoms with E-state index in [4.69, 9.17) is 14.9 Å². The predicted molar refractivity (Wildman–Crippen MR) is 169 cm³/mol. The van der Waals surface area contributed by atoms with Crippen LogP contribution < -0.4 is 11.1 Å². The van der Waals surface area contributed by atoms with Gasteiger partial charge in [-0.2, -0.15) is 4.98 Å². The largest absolute Gasteiger partial charge is 0.421 e. The Hall–Kier alpha value is -3.46. The van der Waals surface area contributed by atoms with Crippen molar-refractivity contribution in [2.24, 2.45) is 9.98 Å². The van der Waals surface area contributed by atoms with Crippen molar-refractivity contribution in [3.63, 3.8) is 0 Å². The molecule has 2 aromatic heterocycles. The molecule has 45 heavy (non-hydrogen) atoms. The molecule has 0 saturated carbocycles. The van der Waals surface area contributed by atoms with Gasteiger partial charge in [0.2, 0.25) is 0 Å². The van der Waals surface area contributed by atoms with Gasteiger partial charge in [-0.05, 0) is 51.4 Å². The fraction of sp³-hybridized carbons (Fsp3) is 0.484. The van der Waals surface area contributed by atoms with Crippen molar-refractivity contribution in [3.8, 4) is 11.3 Å². The average molecular weight is 641 g/mol. The monoisotopic (exact) mass is 640 g/mol. The van der Waals surface area contributed by atoms with Crippen molar-refractivity contribution in [1.29, 1.82) is 0 Å². The van der Waals surface area contributed by atoms with E-state index in [1.165, 1.54) is 24.6 Å². The number of ether oxygens (including phenoxy) is 1. The molecule has 4 saturated heterocycles. The van der Waals surface area contributed by atoms with Crippen LogP contribution in [0.15, 0.2) is 43.4 Å². The molecule has 0 aliphatic carbocycles. The number of nitrogens with two attached hydrogens (primary N) is 1. The second-order valence-electron chi connectivity index (χ2n) is 12.0. The number of fused-ring (bicyclic) bond motifs is 5. The number of likely N-dealkylation sites (tertiary alicyclic amines) is 1. The maximum absolute atomic E-state index is 15.2. The fourth-order valence-electron chi connectivity index (χ4n) is 7.23. The van der Waals surface area contributed by atoms with Gasteiger partial charge in [-0.25, -0.2) is 23.2 Å². The first kappa shape index (κ1) is 30.2. The van der Waals surface area contributed by atoms with E-state index < -0.39 is 17.8 Å². The zero-order valence-electron chi connectivity index (χ0n) is 24.9. The first-order valence-corrected chi connectivity index (χ1v) is 16.0. The number of nitrogens with zero attached hydrogens (tertiary/aromatic N) is 6. The predicted octanol–water partition coefficient (Wildman–Crippen LogP) is 4.86. The van der Waals surface area contributed by atoms with Gasteiger partial charge in [0.15, 0.2) is 11.4 Å². The quantitative estimate of drug-likeness (QED) is 0.377. The van der Waals surface area contributed by atoms with Crippen LogP contribution in [-0.2, 0) is 4.74 Å². The summed E-state index contributed by atoms with van der Waals surface area (Å²) >= 11 is 1.33. The third kappa shape index (κ3) is 5.62. The number of aliphatic imine (C=N–C) groups is 2. The molecule has 14 heteroatoms. The molecule has 10 nitrogen and oxygen atoms in total. The average Bonchev–Trinajstić information content (AvgIpc) is 3.83. The molecule has 4 atom stereocenters. The van der Waals surface area contributed by atoms with E-state index in [2.05, 4.69) is 41.8 Å². The Morgan fingerprint density at radius 3 is 2.76 bits per heavy atom. The number of methoxy groups -OCH3 is 1. The lowest BCUT2D eigenvalue weighted by molar-refractivity contribution is 0.209. The van der Waals surface area contributed by atoms with Crippen LogP contribution in [0, 0.1) is 11.6 Å². The van der Waals surface area contributed by atoms with Crippen LogP contribution in [0.4, 0.5) is 19.2 Å². The third-order valence-electron chi connectivity index (χ3n) is 9.10. The molecular formula is C31H35F3N8O2S. The molecule has 1 aromatic carbocycles. The molecule has 0 radical (unpaired) electrons. The molecule has 4 unspecified atom stereocenters. The number of halogens is 3. The summed E-state index contributed by atoms with van der Waals surface area (Å²) in [5, 5.41) is 4.28. The number of alkyl halides is 1. The van der Waals surface area contributed by atoms with Crippen molar-refractivity contribution in [1.82, 2.24) is 25.1 Å². The smallest absolute Gasteiger partial charge is 0.293 e. The highest BCUT2D eigenvalue weighted by Gasteiger charge is 2.38. The molecule has 238 valence electrons. The molecule has 0 amide bonds. The number of hydrogen-bond donors (Lipinski definition) is 2. The van der Waals surface area contributed by atoms with Crippen molar-refractivity contribution < 1.29 is 22.3 Å². The lowest BCUT2D eigenvalue weighted by Crippen LogP contribution is -2.50. The number of aromatic nitrogens is 2. The molecule has 3 N–H and O–H groups in total. The number of anilines is 1. The number of thioether (sulfide) groups is 1. The maximum atomic E-state index is 15.2. The lowest BCUT2D eigenvalue weighted by atomic mass is 10.0. The van der Waals surface area contributed by atoms with Gasteiger partial charge < -0.3 is 25.1 Å². The molecule has 7 heterocycles. The summed E-state index contributed by atoms with van der Waals surface area (Å²) in [6, 6.07) is 3.73. The molecule has 5 aliphatic heterocycles. The lowest BCUT2D eigenvalue weighted by Gasteiger charge is -2.35. The van der Waals surface area contributed by atoms with E-state index in [1.54, 1.807) is 13.3 Å². The van der Waals surface area contributed by atoms with Gasteiger partial charge >= 0.3 is 0 Å². The molecular weight excluding hydrogens is 605 g/mol. The van der Waals surface area contributed by atoms with Gasteiger partial charge in [-0.1, -0.05) is 11.8 Å². The van der Waals surface area contributed by atoms with Crippen LogP contribution in [0.25, 0.3) is 27.9 Å².